The molecule has 2 aliphatic carbocycles. The van der Waals surface area contributed by atoms with Gasteiger partial charge in [-0.25, -0.2) is 4.79 Å². The lowest BCUT2D eigenvalue weighted by molar-refractivity contribution is 0.167. The normalized spacial score (nSPS) is 19.3. The number of anilines is 1. The van der Waals surface area contributed by atoms with Crippen LogP contribution < -0.4 is 5.32 Å². The molecule has 0 unspecified atom stereocenters. The summed E-state index contributed by atoms with van der Waals surface area (Å²) in [4.78, 5) is 11.7. The van der Waals surface area contributed by atoms with Crippen molar-refractivity contribution >= 4 is 11.9 Å². The second kappa shape index (κ2) is 5.46. The Morgan fingerprint density at radius 3 is 2.60 bits per heavy atom. The van der Waals surface area contributed by atoms with Crippen molar-refractivity contribution in [1.29, 1.82) is 0 Å². The molecule has 1 aromatic heterocycles. The number of aryl methyl sites for hydroxylation is 1. The average Bonchev–Trinajstić information content (AvgIpc) is 3.00. The van der Waals surface area contributed by atoms with Crippen LogP contribution in [0, 0.1) is 0 Å². The first kappa shape index (κ1) is 13.5. The second-order valence-electron chi connectivity index (χ2n) is 5.87. The van der Waals surface area contributed by atoms with Crippen molar-refractivity contribution < 1.29 is 9.53 Å². The molecule has 2 aliphatic rings. The lowest BCUT2D eigenvalue weighted by Crippen LogP contribution is -2.16. The number of aromatic nitrogens is 2. The smallest absolute Gasteiger partial charge is 0.412 e. The van der Waals surface area contributed by atoms with Gasteiger partial charge < -0.3 is 4.74 Å². The first-order chi connectivity index (χ1) is 9.70. The quantitative estimate of drug-likeness (QED) is 0.916. The molecule has 0 radical (unpaired) electrons. The number of rotatable bonds is 4. The lowest BCUT2D eigenvalue weighted by Gasteiger charge is -2.10. The maximum Gasteiger partial charge on any atom is 0.412 e. The molecule has 0 saturated heterocycles. The summed E-state index contributed by atoms with van der Waals surface area (Å²) in [6, 6.07) is 0. The number of nitrogens with one attached hydrogen (secondary N) is 1. The summed E-state index contributed by atoms with van der Waals surface area (Å²) in [6.45, 7) is 2.20. The van der Waals surface area contributed by atoms with Crippen LogP contribution >= 0.6 is 0 Å². The molecule has 0 aromatic carbocycles. The maximum atomic E-state index is 11.7. The van der Waals surface area contributed by atoms with Gasteiger partial charge in [0.25, 0.3) is 0 Å². The van der Waals surface area contributed by atoms with E-state index in [1.54, 1.807) is 0 Å². The Bertz CT molecular complexity index is 499. The van der Waals surface area contributed by atoms with Crippen molar-refractivity contribution in [3.05, 3.63) is 11.3 Å². The van der Waals surface area contributed by atoms with Crippen LogP contribution in [-0.4, -0.2) is 22.5 Å². The molecule has 1 N–H and O–H groups in total. The van der Waals surface area contributed by atoms with Crippen molar-refractivity contribution in [3.8, 4) is 0 Å². The third-order valence-corrected chi connectivity index (χ3v) is 4.34. The minimum atomic E-state index is -0.379. The first-order valence-electron chi connectivity index (χ1n) is 7.71. The number of hydrogen-bond acceptors (Lipinski definition) is 3. The fourth-order valence-corrected chi connectivity index (χ4v) is 3.25. The van der Waals surface area contributed by atoms with Gasteiger partial charge in [-0.2, -0.15) is 5.10 Å². The van der Waals surface area contributed by atoms with E-state index in [0.29, 0.717) is 18.4 Å². The van der Waals surface area contributed by atoms with Crippen molar-refractivity contribution in [3.63, 3.8) is 0 Å². The summed E-state index contributed by atoms with van der Waals surface area (Å²) < 4.78 is 6.82. The number of ether oxygens (including phenoxy) is 1. The van der Waals surface area contributed by atoms with E-state index in [1.165, 1.54) is 49.8 Å². The van der Waals surface area contributed by atoms with Crippen molar-refractivity contribution in [1.82, 2.24) is 9.78 Å². The average molecular weight is 277 g/mol. The molecule has 1 amide bonds. The Kier molecular flexibility index (Phi) is 3.68. The molecule has 2 fully saturated rings. The molecule has 2 saturated carbocycles. The molecule has 0 bridgehead atoms. The largest absolute Gasteiger partial charge is 0.450 e. The predicted molar refractivity (Wildman–Crippen MR) is 77.0 cm³/mol. The monoisotopic (exact) mass is 277 g/mol. The number of hydrogen-bond donors (Lipinski definition) is 1. The third-order valence-electron chi connectivity index (χ3n) is 4.34. The van der Waals surface area contributed by atoms with Gasteiger partial charge in [0.2, 0.25) is 0 Å². The highest BCUT2D eigenvalue weighted by Crippen LogP contribution is 2.48. The fourth-order valence-electron chi connectivity index (χ4n) is 3.25. The van der Waals surface area contributed by atoms with Gasteiger partial charge in [-0.1, -0.05) is 12.8 Å². The minimum Gasteiger partial charge on any atom is -0.450 e. The van der Waals surface area contributed by atoms with Crippen LogP contribution in [0.2, 0.25) is 0 Å². The van der Waals surface area contributed by atoms with E-state index in [-0.39, 0.29) is 6.09 Å². The Balaban J connectivity index is 1.89. The molecule has 5 heteroatoms. The van der Waals surface area contributed by atoms with Crippen LogP contribution in [0.4, 0.5) is 10.6 Å². The Morgan fingerprint density at radius 1 is 1.30 bits per heavy atom. The summed E-state index contributed by atoms with van der Waals surface area (Å²) in [7, 11) is 1.91. The van der Waals surface area contributed by atoms with Gasteiger partial charge in [0.1, 0.15) is 5.82 Å². The highest BCUT2D eigenvalue weighted by molar-refractivity contribution is 5.85. The summed E-state index contributed by atoms with van der Waals surface area (Å²) in [5, 5.41) is 7.60. The van der Waals surface area contributed by atoms with Gasteiger partial charge in [0.05, 0.1) is 12.3 Å². The lowest BCUT2D eigenvalue weighted by atomic mass is 9.97. The van der Waals surface area contributed by atoms with Crippen LogP contribution in [0.1, 0.15) is 68.5 Å². The van der Waals surface area contributed by atoms with Crippen LogP contribution in [0.5, 0.6) is 0 Å². The predicted octanol–water partition coefficient (Wildman–Crippen LogP) is 3.52. The third kappa shape index (κ3) is 2.53. The number of amides is 1. The molecule has 5 nitrogen and oxygen atoms in total. The van der Waals surface area contributed by atoms with Crippen LogP contribution in [0.3, 0.4) is 0 Å². The number of carbonyl (C=O) groups excluding carboxylic acids is 1. The van der Waals surface area contributed by atoms with E-state index in [9.17, 15) is 4.79 Å². The van der Waals surface area contributed by atoms with E-state index >= 15 is 0 Å². The van der Waals surface area contributed by atoms with E-state index in [4.69, 9.17) is 9.84 Å². The zero-order valence-corrected chi connectivity index (χ0v) is 12.3. The summed E-state index contributed by atoms with van der Waals surface area (Å²) in [5.74, 6) is 2.00. The van der Waals surface area contributed by atoms with E-state index in [2.05, 4.69) is 5.32 Å². The van der Waals surface area contributed by atoms with Gasteiger partial charge in [-0.3, -0.25) is 10.00 Å². The Hall–Kier alpha value is -1.52. The SMILES string of the molecule is CCOC(=O)Nc1c(C2CC2)c(C2CCCC2)nn1C. The zero-order chi connectivity index (χ0) is 14.1. The molecular weight excluding hydrogens is 254 g/mol. The molecule has 3 rings (SSSR count). The van der Waals surface area contributed by atoms with Gasteiger partial charge in [-0.15, -0.1) is 0 Å². The van der Waals surface area contributed by atoms with Gasteiger partial charge in [0.15, 0.2) is 0 Å². The summed E-state index contributed by atoms with van der Waals surface area (Å²) in [6.07, 6.45) is 7.10. The standard InChI is InChI=1S/C15H23N3O2/c1-3-20-15(19)16-14-12(10-8-9-10)13(17-18(14)2)11-6-4-5-7-11/h10-11H,3-9H2,1-2H3,(H,16,19). The molecule has 1 aromatic rings. The molecule has 0 aliphatic heterocycles. The van der Waals surface area contributed by atoms with E-state index in [1.807, 2.05) is 18.7 Å². The zero-order valence-electron chi connectivity index (χ0n) is 12.3. The second-order valence-corrected chi connectivity index (χ2v) is 5.87. The van der Waals surface area contributed by atoms with Crippen molar-refractivity contribution in [2.45, 2.75) is 57.3 Å². The van der Waals surface area contributed by atoms with Gasteiger partial charge in [0, 0.05) is 18.5 Å². The maximum absolute atomic E-state index is 11.7. The summed E-state index contributed by atoms with van der Waals surface area (Å²) >= 11 is 0. The van der Waals surface area contributed by atoms with Crippen LogP contribution in [0.15, 0.2) is 0 Å². The van der Waals surface area contributed by atoms with Crippen molar-refractivity contribution in [2.24, 2.45) is 7.05 Å². The Morgan fingerprint density at radius 2 is 2.00 bits per heavy atom. The highest BCUT2D eigenvalue weighted by Gasteiger charge is 2.35. The molecular formula is C15H23N3O2. The fraction of sp³-hybridized carbons (Fsp3) is 0.733. The Labute approximate surface area is 119 Å². The molecule has 20 heavy (non-hydrogen) atoms. The van der Waals surface area contributed by atoms with Gasteiger partial charge in [-0.05, 0) is 38.5 Å². The molecule has 110 valence electrons. The van der Waals surface area contributed by atoms with Crippen LogP contribution in [0.25, 0.3) is 0 Å². The topological polar surface area (TPSA) is 56.1 Å². The molecule has 0 spiro atoms. The van der Waals surface area contributed by atoms with E-state index < -0.39 is 0 Å². The van der Waals surface area contributed by atoms with Crippen molar-refractivity contribution in [2.75, 3.05) is 11.9 Å². The van der Waals surface area contributed by atoms with Crippen LogP contribution in [-0.2, 0) is 11.8 Å². The molecule has 1 heterocycles. The minimum absolute atomic E-state index is 0.379. The number of nitrogens with zero attached hydrogens (tertiary/aromatic N) is 2. The van der Waals surface area contributed by atoms with Gasteiger partial charge >= 0.3 is 6.09 Å². The molecule has 0 atom stereocenters. The first-order valence-corrected chi connectivity index (χ1v) is 7.71. The highest BCUT2D eigenvalue weighted by atomic mass is 16.5. The number of carbonyl (C=O) groups is 1. The van der Waals surface area contributed by atoms with E-state index in [0.717, 1.165) is 5.82 Å². The summed E-state index contributed by atoms with van der Waals surface area (Å²) in [5.41, 5.74) is 2.49.